The average Bonchev–Trinajstić information content (AvgIpc) is 2.69. The molecule has 0 saturated carbocycles. The van der Waals surface area contributed by atoms with E-state index in [1.807, 2.05) is 6.08 Å². The Morgan fingerprint density at radius 3 is 2.52 bits per heavy atom. The second kappa shape index (κ2) is 16.2. The molecule has 0 aliphatic carbocycles. The highest BCUT2D eigenvalue weighted by molar-refractivity contribution is 8.13. The van der Waals surface area contributed by atoms with Gasteiger partial charge in [0.25, 0.3) is 0 Å². The molecule has 0 bridgehead atoms. The van der Waals surface area contributed by atoms with Crippen molar-refractivity contribution in [3.05, 3.63) is 17.9 Å². The molecule has 0 fully saturated rings. The van der Waals surface area contributed by atoms with Crippen LogP contribution in [0.4, 0.5) is 0 Å². The lowest BCUT2D eigenvalue weighted by molar-refractivity contribution is -0.137. The van der Waals surface area contributed by atoms with Gasteiger partial charge in [0, 0.05) is 37.1 Å². The Kier molecular flexibility index (Phi) is 15.3. The number of aliphatic hydroxyl groups is 2. The van der Waals surface area contributed by atoms with E-state index in [1.165, 1.54) is 12.8 Å². The molecule has 1 atom stereocenters. The first-order chi connectivity index (χ1) is 13.7. The van der Waals surface area contributed by atoms with Gasteiger partial charge in [-0.25, -0.2) is 0 Å². The predicted molar refractivity (Wildman–Crippen MR) is 116 cm³/mol. The van der Waals surface area contributed by atoms with Crippen LogP contribution in [-0.2, 0) is 14.4 Å². The van der Waals surface area contributed by atoms with Gasteiger partial charge in [-0.1, -0.05) is 45.4 Å². The van der Waals surface area contributed by atoms with Crippen molar-refractivity contribution in [2.75, 3.05) is 25.4 Å². The van der Waals surface area contributed by atoms with Gasteiger partial charge in [-0.3, -0.25) is 14.4 Å². The fourth-order valence-corrected chi connectivity index (χ4v) is 2.78. The summed E-state index contributed by atoms with van der Waals surface area (Å²) in [5, 5.41) is 24.2. The molecule has 0 aliphatic heterocycles. The molecular weight excluding hydrogens is 392 g/mol. The number of allylic oxidation sites excluding steroid dienone is 1. The van der Waals surface area contributed by atoms with Crippen molar-refractivity contribution in [2.24, 2.45) is 5.41 Å². The highest BCUT2D eigenvalue weighted by Crippen LogP contribution is 2.19. The molecule has 0 spiro atoms. The topological polar surface area (TPSA) is 116 Å². The minimum atomic E-state index is -1.35. The summed E-state index contributed by atoms with van der Waals surface area (Å²) < 4.78 is 0. The van der Waals surface area contributed by atoms with Gasteiger partial charge in [0.2, 0.25) is 11.8 Å². The first-order valence-electron chi connectivity index (χ1n) is 10.1. The maximum absolute atomic E-state index is 11.8. The SMILES string of the molecule is CCCCCC=C=CCC(=O)SCCNC(=O)CCNC(=O)[C@H](O)C(C)(C)CO. The summed E-state index contributed by atoms with van der Waals surface area (Å²) in [6.07, 6.45) is 7.24. The molecule has 7 nitrogen and oxygen atoms in total. The highest BCUT2D eigenvalue weighted by Gasteiger charge is 2.32. The maximum atomic E-state index is 11.8. The van der Waals surface area contributed by atoms with Crippen LogP contribution in [0.15, 0.2) is 17.9 Å². The van der Waals surface area contributed by atoms with Gasteiger partial charge in [-0.2, -0.15) is 0 Å². The Morgan fingerprint density at radius 2 is 1.86 bits per heavy atom. The zero-order valence-corrected chi connectivity index (χ0v) is 18.6. The smallest absolute Gasteiger partial charge is 0.249 e. The van der Waals surface area contributed by atoms with Crippen molar-refractivity contribution < 1.29 is 24.6 Å². The number of rotatable bonds is 15. The van der Waals surface area contributed by atoms with E-state index in [0.29, 0.717) is 18.7 Å². The lowest BCUT2D eigenvalue weighted by atomic mass is 9.87. The molecule has 0 aliphatic rings. The van der Waals surface area contributed by atoms with Crippen molar-refractivity contribution in [1.82, 2.24) is 10.6 Å². The molecule has 4 N–H and O–H groups in total. The molecule has 2 amide bonds. The van der Waals surface area contributed by atoms with Gasteiger partial charge < -0.3 is 20.8 Å². The fraction of sp³-hybridized carbons (Fsp3) is 0.714. The Hall–Kier alpha value is -1.60. The molecule has 0 aromatic rings. The zero-order valence-electron chi connectivity index (χ0n) is 17.8. The lowest BCUT2D eigenvalue weighted by Crippen LogP contribution is -2.46. The van der Waals surface area contributed by atoms with E-state index in [4.69, 9.17) is 5.11 Å². The standard InChI is InChI=1S/C21H36N2O5S/c1-4-5-6-7-8-9-10-11-18(26)29-15-14-22-17(25)12-13-23-20(28)19(27)21(2,3)16-24/h8,10,19,24,27H,4-7,11-16H2,1-3H3,(H,22,25)(H,23,28)/t9?,19-/m0/s1. The maximum Gasteiger partial charge on any atom is 0.249 e. The summed E-state index contributed by atoms with van der Waals surface area (Å²) in [6.45, 7) is 5.42. The average molecular weight is 429 g/mol. The molecule has 0 radical (unpaired) electrons. The van der Waals surface area contributed by atoms with E-state index in [9.17, 15) is 19.5 Å². The van der Waals surface area contributed by atoms with Crippen molar-refractivity contribution in [1.29, 1.82) is 0 Å². The van der Waals surface area contributed by atoms with Gasteiger partial charge in [-0.05, 0) is 25.0 Å². The van der Waals surface area contributed by atoms with Crippen LogP contribution in [0.2, 0.25) is 0 Å². The highest BCUT2D eigenvalue weighted by atomic mass is 32.2. The molecule has 0 heterocycles. The van der Waals surface area contributed by atoms with Crippen molar-refractivity contribution in [2.45, 2.75) is 65.4 Å². The molecule has 8 heteroatoms. The number of hydrogen-bond donors (Lipinski definition) is 4. The number of nitrogens with one attached hydrogen (secondary N) is 2. The summed E-state index contributed by atoms with van der Waals surface area (Å²) in [5.74, 6) is -0.386. The fourth-order valence-electron chi connectivity index (χ4n) is 2.15. The van der Waals surface area contributed by atoms with Gasteiger partial charge >= 0.3 is 0 Å². The Balaban J connectivity index is 3.83. The molecule has 0 aromatic carbocycles. The van der Waals surface area contributed by atoms with Gasteiger partial charge in [0.05, 0.1) is 6.61 Å². The normalized spacial score (nSPS) is 11.9. The zero-order chi connectivity index (χ0) is 22.1. The molecular formula is C21H36N2O5S. The first kappa shape index (κ1) is 27.4. The minimum absolute atomic E-state index is 0.0291. The van der Waals surface area contributed by atoms with Crippen molar-refractivity contribution >= 4 is 28.7 Å². The van der Waals surface area contributed by atoms with Crippen LogP contribution in [0, 0.1) is 5.41 Å². The van der Waals surface area contributed by atoms with Crippen LogP contribution in [0.5, 0.6) is 0 Å². The van der Waals surface area contributed by atoms with E-state index in [2.05, 4.69) is 23.3 Å². The van der Waals surface area contributed by atoms with E-state index in [0.717, 1.165) is 24.6 Å². The number of unbranched alkanes of at least 4 members (excludes halogenated alkanes) is 3. The number of thioether (sulfide) groups is 1. The largest absolute Gasteiger partial charge is 0.396 e. The third kappa shape index (κ3) is 14.1. The van der Waals surface area contributed by atoms with Crippen LogP contribution in [0.3, 0.4) is 0 Å². The Labute approximate surface area is 178 Å². The van der Waals surface area contributed by atoms with Crippen LogP contribution in [-0.4, -0.2) is 58.7 Å². The number of aliphatic hydroxyl groups excluding tert-OH is 2. The summed E-state index contributed by atoms with van der Waals surface area (Å²) in [7, 11) is 0. The van der Waals surface area contributed by atoms with Gasteiger partial charge in [0.1, 0.15) is 6.10 Å². The number of amides is 2. The van der Waals surface area contributed by atoms with E-state index < -0.39 is 17.4 Å². The van der Waals surface area contributed by atoms with E-state index >= 15 is 0 Å². The van der Waals surface area contributed by atoms with Crippen LogP contribution in [0.25, 0.3) is 0 Å². The Bertz CT molecular complexity index is 571. The predicted octanol–water partition coefficient (Wildman–Crippen LogP) is 1.93. The van der Waals surface area contributed by atoms with Crippen LogP contribution < -0.4 is 10.6 Å². The molecule has 29 heavy (non-hydrogen) atoms. The first-order valence-corrected chi connectivity index (χ1v) is 11.1. The quantitative estimate of drug-likeness (QED) is 0.234. The molecule has 0 rings (SSSR count). The van der Waals surface area contributed by atoms with Gasteiger partial charge in [0.15, 0.2) is 5.12 Å². The van der Waals surface area contributed by atoms with E-state index in [-0.39, 0.29) is 30.6 Å². The minimum Gasteiger partial charge on any atom is -0.396 e. The second-order valence-electron chi connectivity index (χ2n) is 7.44. The van der Waals surface area contributed by atoms with Crippen LogP contribution in [0.1, 0.15) is 59.3 Å². The molecule has 166 valence electrons. The number of hydrogen-bond acceptors (Lipinski definition) is 6. The molecule has 0 unspecified atom stereocenters. The number of carbonyl (C=O) groups is 3. The monoisotopic (exact) mass is 428 g/mol. The summed E-state index contributed by atoms with van der Waals surface area (Å²) >= 11 is 1.16. The van der Waals surface area contributed by atoms with Gasteiger partial charge in [-0.15, -0.1) is 5.73 Å². The summed E-state index contributed by atoms with van der Waals surface area (Å²) in [5.41, 5.74) is 2.07. The summed E-state index contributed by atoms with van der Waals surface area (Å²) in [4.78, 5) is 35.2. The lowest BCUT2D eigenvalue weighted by Gasteiger charge is -2.27. The Morgan fingerprint density at radius 1 is 1.14 bits per heavy atom. The number of carbonyl (C=O) groups excluding carboxylic acids is 3. The van der Waals surface area contributed by atoms with Crippen LogP contribution >= 0.6 is 11.8 Å². The molecule has 0 saturated heterocycles. The molecule has 0 aromatic heterocycles. The second-order valence-corrected chi connectivity index (χ2v) is 8.59. The van der Waals surface area contributed by atoms with Crippen molar-refractivity contribution in [3.8, 4) is 0 Å². The van der Waals surface area contributed by atoms with Crippen molar-refractivity contribution in [3.63, 3.8) is 0 Å². The van der Waals surface area contributed by atoms with E-state index in [1.54, 1.807) is 19.9 Å². The summed E-state index contributed by atoms with van der Waals surface area (Å²) in [6, 6.07) is 0. The third-order valence-corrected chi connectivity index (χ3v) is 5.09. The third-order valence-electron chi connectivity index (χ3n) is 4.19.